The normalized spacial score (nSPS) is 10.6. The number of hydrogen-bond donors (Lipinski definition) is 1. The minimum atomic E-state index is -0.173. The Hall–Kier alpha value is -1.18. The molecule has 1 aromatic rings. The molecule has 0 fully saturated rings. The average Bonchev–Trinajstić information content (AvgIpc) is 2.92. The molecule has 1 rings (SSSR count). The molecule has 0 bridgehead atoms. The summed E-state index contributed by atoms with van der Waals surface area (Å²) in [6.45, 7) is 5.02. The van der Waals surface area contributed by atoms with Crippen LogP contribution >= 0.6 is 11.3 Å². The SMILES string of the molecule is CCOC(=O)CCc1csc(NCCCOCCOC)n1. The third kappa shape index (κ3) is 8.64. The van der Waals surface area contributed by atoms with Crippen LogP contribution in [0.1, 0.15) is 25.5 Å². The van der Waals surface area contributed by atoms with Gasteiger partial charge in [-0.05, 0) is 13.3 Å². The zero-order chi connectivity index (χ0) is 15.3. The molecule has 0 aliphatic carbocycles. The summed E-state index contributed by atoms with van der Waals surface area (Å²) >= 11 is 1.55. The fourth-order valence-corrected chi connectivity index (χ4v) is 2.35. The maximum atomic E-state index is 11.3. The van der Waals surface area contributed by atoms with E-state index in [0.717, 1.165) is 23.8 Å². The van der Waals surface area contributed by atoms with E-state index in [1.807, 2.05) is 12.3 Å². The van der Waals surface area contributed by atoms with Gasteiger partial charge in [0.05, 0.1) is 31.9 Å². The lowest BCUT2D eigenvalue weighted by atomic mass is 10.2. The lowest BCUT2D eigenvalue weighted by molar-refractivity contribution is -0.143. The molecule has 0 aliphatic rings. The predicted octanol–water partition coefficient (Wildman–Crippen LogP) is 2.10. The highest BCUT2D eigenvalue weighted by Gasteiger charge is 2.06. The van der Waals surface area contributed by atoms with Gasteiger partial charge >= 0.3 is 5.97 Å². The number of rotatable bonds is 12. The van der Waals surface area contributed by atoms with Crippen LogP contribution in [0.5, 0.6) is 0 Å². The monoisotopic (exact) mass is 316 g/mol. The number of aryl methyl sites for hydroxylation is 1. The molecule has 1 heterocycles. The highest BCUT2D eigenvalue weighted by Crippen LogP contribution is 2.16. The van der Waals surface area contributed by atoms with Crippen molar-refractivity contribution in [3.05, 3.63) is 11.1 Å². The number of hydrogen-bond acceptors (Lipinski definition) is 7. The van der Waals surface area contributed by atoms with Gasteiger partial charge in [0.1, 0.15) is 0 Å². The fourth-order valence-electron chi connectivity index (χ4n) is 1.58. The van der Waals surface area contributed by atoms with E-state index in [9.17, 15) is 4.79 Å². The maximum absolute atomic E-state index is 11.3. The van der Waals surface area contributed by atoms with Crippen molar-refractivity contribution in [1.29, 1.82) is 0 Å². The molecule has 0 aliphatic heterocycles. The second-order valence-electron chi connectivity index (χ2n) is 4.33. The third-order valence-electron chi connectivity index (χ3n) is 2.62. The van der Waals surface area contributed by atoms with Crippen LogP contribution in [0.15, 0.2) is 5.38 Å². The van der Waals surface area contributed by atoms with Gasteiger partial charge in [0, 0.05) is 32.1 Å². The molecule has 1 N–H and O–H groups in total. The Labute approximate surface area is 129 Å². The van der Waals surface area contributed by atoms with Gasteiger partial charge in [0.2, 0.25) is 0 Å². The molecule has 21 heavy (non-hydrogen) atoms. The quantitative estimate of drug-likeness (QED) is 0.470. The minimum Gasteiger partial charge on any atom is -0.466 e. The topological polar surface area (TPSA) is 69.7 Å². The second-order valence-corrected chi connectivity index (χ2v) is 5.19. The largest absolute Gasteiger partial charge is 0.466 e. The van der Waals surface area contributed by atoms with E-state index in [1.54, 1.807) is 18.4 Å². The molecular weight excluding hydrogens is 292 g/mol. The number of carbonyl (C=O) groups excluding carboxylic acids is 1. The molecule has 0 aromatic carbocycles. The Morgan fingerprint density at radius 2 is 2.24 bits per heavy atom. The molecular formula is C14H24N2O4S. The van der Waals surface area contributed by atoms with E-state index in [0.29, 0.717) is 39.3 Å². The van der Waals surface area contributed by atoms with Gasteiger partial charge in [-0.2, -0.15) is 0 Å². The van der Waals surface area contributed by atoms with Gasteiger partial charge < -0.3 is 19.5 Å². The minimum absolute atomic E-state index is 0.173. The zero-order valence-electron chi connectivity index (χ0n) is 12.7. The Morgan fingerprint density at radius 3 is 3.00 bits per heavy atom. The first-order valence-electron chi connectivity index (χ1n) is 7.16. The van der Waals surface area contributed by atoms with Crippen LogP contribution in [-0.4, -0.2) is 51.0 Å². The first kappa shape index (κ1) is 17.9. The number of thiazole rings is 1. The van der Waals surface area contributed by atoms with Gasteiger partial charge in [-0.15, -0.1) is 11.3 Å². The van der Waals surface area contributed by atoms with Crippen molar-refractivity contribution in [2.45, 2.75) is 26.2 Å². The Bertz CT molecular complexity index is 398. The predicted molar refractivity (Wildman–Crippen MR) is 82.9 cm³/mol. The molecule has 0 unspecified atom stereocenters. The first-order valence-corrected chi connectivity index (χ1v) is 8.04. The first-order chi connectivity index (χ1) is 10.3. The number of anilines is 1. The highest BCUT2D eigenvalue weighted by molar-refractivity contribution is 7.13. The summed E-state index contributed by atoms with van der Waals surface area (Å²) in [7, 11) is 1.66. The summed E-state index contributed by atoms with van der Waals surface area (Å²) < 4.78 is 15.2. The maximum Gasteiger partial charge on any atom is 0.306 e. The molecule has 0 radical (unpaired) electrons. The molecule has 120 valence electrons. The molecule has 0 amide bonds. The van der Waals surface area contributed by atoms with Crippen LogP contribution in [0.4, 0.5) is 5.13 Å². The van der Waals surface area contributed by atoms with Crippen molar-refractivity contribution in [2.75, 3.05) is 45.4 Å². The molecule has 0 saturated carbocycles. The second kappa shape index (κ2) is 11.5. The lowest BCUT2D eigenvalue weighted by Gasteiger charge is -2.04. The van der Waals surface area contributed by atoms with E-state index in [-0.39, 0.29) is 5.97 Å². The molecule has 6 nitrogen and oxygen atoms in total. The van der Waals surface area contributed by atoms with Crippen LogP contribution in [-0.2, 0) is 25.4 Å². The van der Waals surface area contributed by atoms with Crippen molar-refractivity contribution < 1.29 is 19.0 Å². The standard InChI is InChI=1S/C14H24N2O4S/c1-3-20-13(17)6-5-12-11-21-14(16-12)15-7-4-8-19-10-9-18-2/h11H,3-10H2,1-2H3,(H,15,16). The zero-order valence-corrected chi connectivity index (χ0v) is 13.5. The molecule has 1 aromatic heterocycles. The summed E-state index contributed by atoms with van der Waals surface area (Å²) in [5, 5.41) is 6.10. The van der Waals surface area contributed by atoms with E-state index >= 15 is 0 Å². The molecule has 7 heteroatoms. The van der Waals surface area contributed by atoms with Crippen molar-refractivity contribution in [3.63, 3.8) is 0 Å². The number of carbonyl (C=O) groups is 1. The van der Waals surface area contributed by atoms with Gasteiger partial charge in [-0.1, -0.05) is 0 Å². The Morgan fingerprint density at radius 1 is 1.38 bits per heavy atom. The number of nitrogens with one attached hydrogen (secondary N) is 1. The lowest BCUT2D eigenvalue weighted by Crippen LogP contribution is -2.08. The van der Waals surface area contributed by atoms with Gasteiger partial charge in [0.15, 0.2) is 5.13 Å². The van der Waals surface area contributed by atoms with Crippen LogP contribution < -0.4 is 5.32 Å². The molecule has 0 saturated heterocycles. The number of ether oxygens (including phenoxy) is 3. The Kier molecular flexibility index (Phi) is 9.77. The van der Waals surface area contributed by atoms with E-state index in [1.165, 1.54) is 0 Å². The van der Waals surface area contributed by atoms with Crippen LogP contribution in [0.3, 0.4) is 0 Å². The summed E-state index contributed by atoms with van der Waals surface area (Å²) in [4.78, 5) is 15.7. The number of methoxy groups -OCH3 is 1. The van der Waals surface area contributed by atoms with Crippen molar-refractivity contribution in [2.24, 2.45) is 0 Å². The third-order valence-corrected chi connectivity index (χ3v) is 3.46. The highest BCUT2D eigenvalue weighted by atomic mass is 32.1. The molecule has 0 spiro atoms. The van der Waals surface area contributed by atoms with Crippen molar-refractivity contribution in [3.8, 4) is 0 Å². The van der Waals surface area contributed by atoms with E-state index in [2.05, 4.69) is 10.3 Å². The van der Waals surface area contributed by atoms with Gasteiger partial charge in [-0.25, -0.2) is 4.98 Å². The number of nitrogens with zero attached hydrogens (tertiary/aromatic N) is 1. The van der Waals surface area contributed by atoms with Crippen molar-refractivity contribution >= 4 is 22.4 Å². The summed E-state index contributed by atoms with van der Waals surface area (Å²) in [5.41, 5.74) is 0.923. The van der Waals surface area contributed by atoms with Crippen LogP contribution in [0.2, 0.25) is 0 Å². The summed E-state index contributed by atoms with van der Waals surface area (Å²) in [6, 6.07) is 0. The van der Waals surface area contributed by atoms with Gasteiger partial charge in [0.25, 0.3) is 0 Å². The van der Waals surface area contributed by atoms with Crippen LogP contribution in [0, 0.1) is 0 Å². The number of aromatic nitrogens is 1. The molecule has 0 atom stereocenters. The average molecular weight is 316 g/mol. The van der Waals surface area contributed by atoms with E-state index in [4.69, 9.17) is 14.2 Å². The van der Waals surface area contributed by atoms with Crippen molar-refractivity contribution in [1.82, 2.24) is 4.98 Å². The number of esters is 1. The van der Waals surface area contributed by atoms with Gasteiger partial charge in [-0.3, -0.25) is 4.79 Å². The smallest absolute Gasteiger partial charge is 0.306 e. The van der Waals surface area contributed by atoms with Crippen LogP contribution in [0.25, 0.3) is 0 Å². The Balaban J connectivity index is 2.10. The summed E-state index contributed by atoms with van der Waals surface area (Å²) in [6.07, 6.45) is 1.92. The fraction of sp³-hybridized carbons (Fsp3) is 0.714. The summed E-state index contributed by atoms with van der Waals surface area (Å²) in [5.74, 6) is -0.173. The van der Waals surface area contributed by atoms with E-state index < -0.39 is 0 Å².